The molecule has 0 saturated heterocycles. The van der Waals surface area contributed by atoms with Crippen LogP contribution in [0.2, 0.25) is 0 Å². The predicted octanol–water partition coefficient (Wildman–Crippen LogP) is 4.17. The van der Waals surface area contributed by atoms with Crippen molar-refractivity contribution in [3.05, 3.63) is 54.0 Å². The first-order chi connectivity index (χ1) is 17.1. The first-order valence-corrected chi connectivity index (χ1v) is 11.4. The van der Waals surface area contributed by atoms with Crippen molar-refractivity contribution in [3.63, 3.8) is 0 Å². The summed E-state index contributed by atoms with van der Waals surface area (Å²) >= 11 is 0. The Balaban J connectivity index is 1.76. The van der Waals surface area contributed by atoms with Crippen molar-refractivity contribution < 1.29 is 19.4 Å². The Morgan fingerprint density at radius 2 is 2.08 bits per heavy atom. The molecule has 0 saturated carbocycles. The van der Waals surface area contributed by atoms with Crippen LogP contribution >= 0.6 is 0 Å². The zero-order chi connectivity index (χ0) is 26.1. The van der Waals surface area contributed by atoms with E-state index < -0.39 is 17.1 Å². The molecule has 10 nitrogen and oxygen atoms in total. The van der Waals surface area contributed by atoms with Crippen molar-refractivity contribution in [2.75, 3.05) is 30.5 Å². The molecule has 1 amide bonds. The van der Waals surface area contributed by atoms with E-state index >= 15 is 0 Å². The van der Waals surface area contributed by atoms with Crippen LogP contribution in [0, 0.1) is 11.3 Å². The Kier molecular flexibility index (Phi) is 6.52. The van der Waals surface area contributed by atoms with Crippen LogP contribution in [0.5, 0.6) is 5.75 Å². The molecule has 36 heavy (non-hydrogen) atoms. The van der Waals surface area contributed by atoms with Gasteiger partial charge in [0.25, 0.3) is 0 Å². The summed E-state index contributed by atoms with van der Waals surface area (Å²) in [4.78, 5) is 27.4. The van der Waals surface area contributed by atoms with Crippen LogP contribution < -0.4 is 15.0 Å². The quantitative estimate of drug-likeness (QED) is 0.543. The summed E-state index contributed by atoms with van der Waals surface area (Å²) in [6.07, 6.45) is 4.26. The lowest BCUT2D eigenvalue weighted by Gasteiger charge is -2.26. The van der Waals surface area contributed by atoms with Crippen molar-refractivity contribution in [2.24, 2.45) is 0 Å². The number of nitriles is 1. The SMILES string of the molecule is COc1ccncc1Nc1nccc(-c2cc(C#N)c3c(c2)[C@@](C)(CO)CN3C(=O)OC(C)(C)C)n1. The molecule has 1 aliphatic rings. The highest BCUT2D eigenvalue weighted by Crippen LogP contribution is 2.45. The lowest BCUT2D eigenvalue weighted by atomic mass is 9.83. The molecule has 186 valence electrons. The van der Waals surface area contributed by atoms with E-state index in [0.717, 1.165) is 0 Å². The van der Waals surface area contributed by atoms with Crippen molar-refractivity contribution >= 4 is 23.4 Å². The number of fused-ring (bicyclic) bond motifs is 1. The zero-order valence-corrected chi connectivity index (χ0v) is 20.9. The molecule has 4 rings (SSSR count). The molecule has 1 aromatic carbocycles. The highest BCUT2D eigenvalue weighted by Gasteiger charge is 2.44. The molecule has 0 spiro atoms. The Bertz CT molecular complexity index is 1350. The molecule has 1 aliphatic heterocycles. The van der Waals surface area contributed by atoms with Crippen molar-refractivity contribution in [3.8, 4) is 23.1 Å². The number of carbonyl (C=O) groups is 1. The van der Waals surface area contributed by atoms with Crippen LogP contribution in [0.15, 0.2) is 42.9 Å². The molecule has 0 radical (unpaired) electrons. The van der Waals surface area contributed by atoms with Crippen LogP contribution in [0.3, 0.4) is 0 Å². The van der Waals surface area contributed by atoms with Crippen LogP contribution in [0.1, 0.15) is 38.8 Å². The number of ether oxygens (including phenoxy) is 2. The number of rotatable bonds is 5. The van der Waals surface area contributed by atoms with Gasteiger partial charge in [0.05, 0.1) is 36.9 Å². The summed E-state index contributed by atoms with van der Waals surface area (Å²) < 4.78 is 10.9. The largest absolute Gasteiger partial charge is 0.494 e. The van der Waals surface area contributed by atoms with Gasteiger partial charge in [-0.1, -0.05) is 6.92 Å². The normalized spacial score (nSPS) is 16.8. The summed E-state index contributed by atoms with van der Waals surface area (Å²) in [7, 11) is 1.56. The molecule has 0 aliphatic carbocycles. The highest BCUT2D eigenvalue weighted by molar-refractivity contribution is 5.95. The Morgan fingerprint density at radius 1 is 1.31 bits per heavy atom. The van der Waals surface area contributed by atoms with Gasteiger partial charge in [0.1, 0.15) is 23.1 Å². The summed E-state index contributed by atoms with van der Waals surface area (Å²) in [5, 5.41) is 23.4. The minimum atomic E-state index is -0.787. The lowest BCUT2D eigenvalue weighted by Crippen LogP contribution is -2.40. The Morgan fingerprint density at radius 3 is 2.75 bits per heavy atom. The van der Waals surface area contributed by atoms with E-state index in [1.54, 1.807) is 64.7 Å². The number of amides is 1. The maximum atomic E-state index is 13.0. The van der Waals surface area contributed by atoms with Gasteiger partial charge in [-0.05, 0) is 44.5 Å². The molecular formula is C26H28N6O4. The number of nitrogens with one attached hydrogen (secondary N) is 1. The molecule has 2 N–H and O–H groups in total. The van der Waals surface area contributed by atoms with Crippen LogP contribution in [0.4, 0.5) is 22.1 Å². The molecule has 0 fully saturated rings. The van der Waals surface area contributed by atoms with Gasteiger partial charge in [-0.25, -0.2) is 14.8 Å². The minimum absolute atomic E-state index is 0.184. The second-order valence-electron chi connectivity index (χ2n) is 9.78. The fraction of sp³-hybridized carbons (Fsp3) is 0.346. The van der Waals surface area contributed by atoms with Crippen molar-refractivity contribution in [1.29, 1.82) is 5.26 Å². The number of hydrogen-bond donors (Lipinski definition) is 2. The fourth-order valence-electron chi connectivity index (χ4n) is 4.09. The maximum absolute atomic E-state index is 13.0. The van der Waals surface area contributed by atoms with Crippen molar-refractivity contribution in [1.82, 2.24) is 15.0 Å². The Hall–Kier alpha value is -4.23. The molecule has 1 atom stereocenters. The number of aliphatic hydroxyl groups excluding tert-OH is 1. The topological polar surface area (TPSA) is 133 Å². The van der Waals surface area contributed by atoms with Gasteiger partial charge in [-0.15, -0.1) is 0 Å². The van der Waals surface area contributed by atoms with Crippen LogP contribution in [-0.2, 0) is 10.2 Å². The first-order valence-electron chi connectivity index (χ1n) is 11.4. The van der Waals surface area contributed by atoms with E-state index in [1.165, 1.54) is 4.90 Å². The number of aromatic nitrogens is 3. The monoisotopic (exact) mass is 488 g/mol. The molecule has 3 heterocycles. The number of nitrogens with zero attached hydrogens (tertiary/aromatic N) is 5. The van der Waals surface area contributed by atoms with Gasteiger partial charge in [-0.2, -0.15) is 5.26 Å². The van der Waals surface area contributed by atoms with Gasteiger partial charge in [0.15, 0.2) is 0 Å². The third-order valence-electron chi connectivity index (χ3n) is 5.82. The third-order valence-corrected chi connectivity index (χ3v) is 5.82. The number of hydrogen-bond acceptors (Lipinski definition) is 9. The molecular weight excluding hydrogens is 460 g/mol. The summed E-state index contributed by atoms with van der Waals surface area (Å²) in [5.74, 6) is 0.905. The fourth-order valence-corrected chi connectivity index (χ4v) is 4.09. The number of carbonyl (C=O) groups excluding carboxylic acids is 1. The maximum Gasteiger partial charge on any atom is 0.414 e. The molecule has 0 bridgehead atoms. The van der Waals surface area contributed by atoms with E-state index in [-0.39, 0.29) is 18.7 Å². The van der Waals surface area contributed by atoms with Gasteiger partial charge in [-0.3, -0.25) is 9.88 Å². The average Bonchev–Trinajstić information content (AvgIpc) is 3.16. The predicted molar refractivity (Wildman–Crippen MR) is 134 cm³/mol. The molecule has 10 heteroatoms. The number of pyridine rings is 1. The van der Waals surface area contributed by atoms with Gasteiger partial charge in [0, 0.05) is 36.0 Å². The van der Waals surface area contributed by atoms with Gasteiger partial charge < -0.3 is 19.9 Å². The third kappa shape index (κ3) is 4.78. The standard InChI is InChI=1S/C26H28N6O4/c1-25(2,3)36-24(34)32-14-26(4,15-33)18-11-16(10-17(12-27)22(18)32)19-6-9-29-23(30-19)31-20-13-28-8-7-21(20)35-5/h6-11,13,33H,14-15H2,1-5H3,(H,29,30,31)/t26-/m1/s1. The second-order valence-corrected chi connectivity index (χ2v) is 9.78. The summed E-state index contributed by atoms with van der Waals surface area (Å²) in [5.41, 5.74) is 1.73. The molecule has 2 aromatic heterocycles. The first kappa shape index (κ1) is 24.9. The number of anilines is 3. The average molecular weight is 489 g/mol. The van der Waals surface area contributed by atoms with Crippen molar-refractivity contribution in [2.45, 2.75) is 38.7 Å². The van der Waals surface area contributed by atoms with Crippen LogP contribution in [0.25, 0.3) is 11.3 Å². The van der Waals surface area contributed by atoms with E-state index in [4.69, 9.17) is 9.47 Å². The second kappa shape index (κ2) is 9.43. The summed E-state index contributed by atoms with van der Waals surface area (Å²) in [6.45, 7) is 7.16. The van der Waals surface area contributed by atoms with E-state index in [9.17, 15) is 15.2 Å². The highest BCUT2D eigenvalue weighted by atomic mass is 16.6. The van der Waals surface area contributed by atoms with Gasteiger partial charge in [0.2, 0.25) is 5.95 Å². The molecule has 3 aromatic rings. The summed E-state index contributed by atoms with van der Waals surface area (Å²) in [6, 6.07) is 9.18. The zero-order valence-electron chi connectivity index (χ0n) is 20.9. The van der Waals surface area contributed by atoms with E-state index in [1.807, 2.05) is 13.0 Å². The van der Waals surface area contributed by atoms with E-state index in [2.05, 4.69) is 26.3 Å². The lowest BCUT2D eigenvalue weighted by molar-refractivity contribution is 0.0575. The number of aliphatic hydroxyl groups is 1. The smallest absolute Gasteiger partial charge is 0.414 e. The molecule has 0 unspecified atom stereocenters. The number of methoxy groups -OCH3 is 1. The van der Waals surface area contributed by atoms with Crippen LogP contribution in [-0.4, -0.2) is 52.0 Å². The Labute approximate surface area is 209 Å². The minimum Gasteiger partial charge on any atom is -0.494 e. The van der Waals surface area contributed by atoms with Gasteiger partial charge >= 0.3 is 6.09 Å². The number of benzene rings is 1. The van der Waals surface area contributed by atoms with E-state index in [0.29, 0.717) is 39.9 Å².